The van der Waals surface area contributed by atoms with Gasteiger partial charge in [0.15, 0.2) is 0 Å². The fourth-order valence-electron chi connectivity index (χ4n) is 2.79. The Balaban J connectivity index is 0.00000220. The van der Waals surface area contributed by atoms with E-state index in [1.807, 2.05) is 20.8 Å². The van der Waals surface area contributed by atoms with E-state index in [0.717, 1.165) is 11.4 Å². The molecule has 1 aliphatic rings. The first-order valence-electron chi connectivity index (χ1n) is 7.18. The summed E-state index contributed by atoms with van der Waals surface area (Å²) in [7, 11) is 0. The Bertz CT molecular complexity index is 552. The number of nitrogens with zero attached hydrogens (tertiary/aromatic N) is 2. The van der Waals surface area contributed by atoms with Gasteiger partial charge in [0.05, 0.1) is 22.8 Å². The van der Waals surface area contributed by atoms with Crippen LogP contribution in [0.15, 0.2) is 0 Å². The van der Waals surface area contributed by atoms with Crippen LogP contribution in [-0.4, -0.2) is 72.9 Å². The molecule has 0 radical (unpaired) electrons. The van der Waals surface area contributed by atoms with Gasteiger partial charge in [-0.2, -0.15) is 0 Å². The van der Waals surface area contributed by atoms with E-state index in [1.165, 1.54) is 0 Å². The summed E-state index contributed by atoms with van der Waals surface area (Å²) in [5.74, 6) is -0.167. The van der Waals surface area contributed by atoms with Gasteiger partial charge in [0.25, 0.3) is 0 Å². The van der Waals surface area contributed by atoms with Crippen LogP contribution in [-0.2, 0) is 9.59 Å². The van der Waals surface area contributed by atoms with Crippen molar-refractivity contribution in [2.24, 2.45) is 11.8 Å². The summed E-state index contributed by atoms with van der Waals surface area (Å²) in [5.41, 5.74) is 2.90. The first kappa shape index (κ1) is 19.1. The van der Waals surface area contributed by atoms with Crippen LogP contribution in [0.25, 0.3) is 0 Å². The van der Waals surface area contributed by atoms with Crippen molar-refractivity contribution >= 4 is 63.0 Å². The van der Waals surface area contributed by atoms with Crippen LogP contribution in [0, 0.1) is 32.6 Å². The second-order valence-corrected chi connectivity index (χ2v) is 6.14. The van der Waals surface area contributed by atoms with E-state index >= 15 is 0 Å². The Kier molecular flexibility index (Phi) is 6.87. The molecular weight excluding hydrogens is 291 g/mol. The number of ketones is 2. The van der Waals surface area contributed by atoms with Gasteiger partial charge in [-0.15, -0.1) is 0 Å². The minimum absolute atomic E-state index is 0. The van der Waals surface area contributed by atoms with Crippen LogP contribution >= 0.6 is 0 Å². The van der Waals surface area contributed by atoms with Crippen molar-refractivity contribution in [1.29, 1.82) is 0 Å². The van der Waals surface area contributed by atoms with Gasteiger partial charge in [0.2, 0.25) is 0 Å². The monoisotopic (exact) mass is 314 g/mol. The Morgan fingerprint density at radius 3 is 1.86 bits per heavy atom. The molecular formula is C16H23KN2O2. The molecule has 0 atom stereocenters. The molecule has 0 saturated heterocycles. The molecule has 0 unspecified atom stereocenters. The quantitative estimate of drug-likeness (QED) is 0.619. The molecule has 2 rings (SSSR count). The second-order valence-electron chi connectivity index (χ2n) is 6.14. The number of hydrogen-bond donors (Lipinski definition) is 0. The van der Waals surface area contributed by atoms with Crippen LogP contribution in [0.3, 0.4) is 0 Å². The zero-order chi connectivity index (χ0) is 15.0. The maximum atomic E-state index is 12.4. The third-order valence-electron chi connectivity index (χ3n) is 4.30. The van der Waals surface area contributed by atoms with Crippen LogP contribution in [0.4, 0.5) is 0 Å². The maximum absolute atomic E-state index is 12.4. The topological polar surface area (TPSA) is 59.9 Å². The number of aryl methyl sites for hydroxylation is 3. The van der Waals surface area contributed by atoms with E-state index in [9.17, 15) is 9.59 Å². The molecule has 0 aromatic carbocycles. The average Bonchev–Trinajstić information content (AvgIpc) is 2.34. The summed E-state index contributed by atoms with van der Waals surface area (Å²) in [5, 5.41) is 0. The van der Waals surface area contributed by atoms with Crippen molar-refractivity contribution in [2.75, 3.05) is 0 Å². The van der Waals surface area contributed by atoms with E-state index in [4.69, 9.17) is 0 Å². The standard InChI is InChI=1S/C16H22N2O2.K.H/c1-8(2)12-6-13(19)15(14(20)7-12)16-11(5)17-9(3)10(4)18-16;;/h8,12,15H,6-7H2,1-5H3;;. The van der Waals surface area contributed by atoms with Crippen LogP contribution in [0.2, 0.25) is 0 Å². The van der Waals surface area contributed by atoms with Crippen molar-refractivity contribution in [2.45, 2.75) is 53.4 Å². The van der Waals surface area contributed by atoms with Crippen molar-refractivity contribution in [3.63, 3.8) is 0 Å². The van der Waals surface area contributed by atoms with Crippen LogP contribution in [0.1, 0.15) is 55.4 Å². The van der Waals surface area contributed by atoms with Crippen LogP contribution < -0.4 is 0 Å². The first-order chi connectivity index (χ1) is 9.31. The molecule has 21 heavy (non-hydrogen) atoms. The molecule has 1 heterocycles. The molecule has 1 aliphatic carbocycles. The van der Waals surface area contributed by atoms with E-state index in [1.54, 1.807) is 0 Å². The Labute approximate surface area is 168 Å². The molecule has 4 nitrogen and oxygen atoms in total. The summed E-state index contributed by atoms with van der Waals surface area (Å²) in [6, 6.07) is 0. The number of rotatable bonds is 2. The van der Waals surface area contributed by atoms with Gasteiger partial charge in [-0.25, -0.2) is 0 Å². The molecule has 1 fully saturated rings. The SMILES string of the molecule is Cc1nc(C)c(C2C(=O)CC(C(C)C)CC2=O)nc1C.[KH]. The summed E-state index contributed by atoms with van der Waals surface area (Å²) in [4.78, 5) is 33.6. The number of carbonyl (C=O) groups excluding carboxylic acids is 2. The van der Waals surface area contributed by atoms with Crippen molar-refractivity contribution < 1.29 is 9.59 Å². The molecule has 1 aromatic rings. The summed E-state index contributed by atoms with van der Waals surface area (Å²) >= 11 is 0. The fraction of sp³-hybridized carbons (Fsp3) is 0.625. The fourth-order valence-corrected chi connectivity index (χ4v) is 2.79. The summed E-state index contributed by atoms with van der Waals surface area (Å²) in [6.07, 6.45) is 0.949. The Morgan fingerprint density at radius 1 is 0.905 bits per heavy atom. The zero-order valence-corrected chi connectivity index (χ0v) is 12.9. The van der Waals surface area contributed by atoms with E-state index in [-0.39, 0.29) is 68.9 Å². The Hall–Kier alpha value is 0.0564. The molecule has 0 amide bonds. The van der Waals surface area contributed by atoms with E-state index < -0.39 is 5.92 Å². The van der Waals surface area contributed by atoms with Gasteiger partial charge in [-0.1, -0.05) is 13.8 Å². The molecule has 1 aromatic heterocycles. The van der Waals surface area contributed by atoms with Gasteiger partial charge in [0, 0.05) is 12.8 Å². The van der Waals surface area contributed by atoms with Gasteiger partial charge in [0.1, 0.15) is 17.5 Å². The molecule has 1 saturated carbocycles. The van der Waals surface area contributed by atoms with Gasteiger partial charge in [-0.05, 0) is 32.6 Å². The van der Waals surface area contributed by atoms with E-state index in [0.29, 0.717) is 30.1 Å². The number of hydrogen-bond acceptors (Lipinski definition) is 4. The predicted octanol–water partition coefficient (Wildman–Crippen LogP) is 2.04. The predicted molar refractivity (Wildman–Crippen MR) is 83.7 cm³/mol. The molecule has 0 aliphatic heterocycles. The van der Waals surface area contributed by atoms with Crippen LogP contribution in [0.5, 0.6) is 0 Å². The zero-order valence-electron chi connectivity index (χ0n) is 12.9. The first-order valence-corrected chi connectivity index (χ1v) is 7.18. The van der Waals surface area contributed by atoms with E-state index in [2.05, 4.69) is 23.8 Å². The number of aromatic nitrogens is 2. The minimum atomic E-state index is -0.697. The average molecular weight is 314 g/mol. The Morgan fingerprint density at radius 2 is 1.38 bits per heavy atom. The normalized spacial score (nSPS) is 22.4. The number of Topliss-reactive ketones (excluding diaryl/α,β-unsaturated/α-hetero) is 2. The van der Waals surface area contributed by atoms with Gasteiger partial charge >= 0.3 is 51.4 Å². The van der Waals surface area contributed by atoms with Crippen molar-refractivity contribution in [3.05, 3.63) is 22.8 Å². The summed E-state index contributed by atoms with van der Waals surface area (Å²) < 4.78 is 0. The molecule has 0 bridgehead atoms. The third kappa shape index (κ3) is 4.08. The molecule has 0 spiro atoms. The third-order valence-corrected chi connectivity index (χ3v) is 4.30. The molecule has 0 N–H and O–H groups in total. The second kappa shape index (κ2) is 7.55. The molecule has 110 valence electrons. The van der Waals surface area contributed by atoms with Gasteiger partial charge < -0.3 is 0 Å². The molecule has 5 heteroatoms. The van der Waals surface area contributed by atoms with Gasteiger partial charge in [-0.3, -0.25) is 19.6 Å². The van der Waals surface area contributed by atoms with Crippen molar-refractivity contribution in [1.82, 2.24) is 9.97 Å². The van der Waals surface area contributed by atoms with Crippen molar-refractivity contribution in [3.8, 4) is 0 Å². The number of carbonyl (C=O) groups is 2. The summed E-state index contributed by atoms with van der Waals surface area (Å²) in [6.45, 7) is 9.70.